The first-order valence-electron chi connectivity index (χ1n) is 6.12. The van der Waals surface area contributed by atoms with Crippen LogP contribution in [0, 0.1) is 0 Å². The molecular weight excluding hydrogens is 228 g/mol. The fourth-order valence-electron chi connectivity index (χ4n) is 2.11. The quantitative estimate of drug-likeness (QED) is 0.799. The van der Waals surface area contributed by atoms with Crippen LogP contribution in [0.4, 0.5) is 5.69 Å². The smallest absolute Gasteiger partial charge is 0.272 e. The van der Waals surface area contributed by atoms with Gasteiger partial charge in [-0.2, -0.15) is 0 Å². The van der Waals surface area contributed by atoms with Gasteiger partial charge in [0, 0.05) is 25.2 Å². The Morgan fingerprint density at radius 1 is 1.39 bits per heavy atom. The summed E-state index contributed by atoms with van der Waals surface area (Å²) in [5.74, 6) is -0.0174. The molecule has 0 aromatic carbocycles. The van der Waals surface area contributed by atoms with Crippen LogP contribution in [0.5, 0.6) is 0 Å². The molecule has 18 heavy (non-hydrogen) atoms. The van der Waals surface area contributed by atoms with E-state index >= 15 is 0 Å². The molecule has 2 heterocycles. The number of carbonyl (C=O) groups is 1. The number of nitrogen functional groups attached to an aromatic ring is 1. The van der Waals surface area contributed by atoms with Gasteiger partial charge in [0.1, 0.15) is 5.69 Å². The van der Waals surface area contributed by atoms with Gasteiger partial charge in [0.15, 0.2) is 0 Å². The Morgan fingerprint density at radius 2 is 2.11 bits per heavy atom. The summed E-state index contributed by atoms with van der Waals surface area (Å²) in [7, 11) is 2.09. The third-order valence-electron chi connectivity index (χ3n) is 3.61. The van der Waals surface area contributed by atoms with E-state index in [0.717, 1.165) is 13.1 Å². The van der Waals surface area contributed by atoms with E-state index < -0.39 is 0 Å². The highest BCUT2D eigenvalue weighted by molar-refractivity contribution is 5.92. The van der Waals surface area contributed by atoms with Gasteiger partial charge in [-0.25, -0.2) is 4.98 Å². The van der Waals surface area contributed by atoms with Gasteiger partial charge in [-0.15, -0.1) is 0 Å². The van der Waals surface area contributed by atoms with Gasteiger partial charge < -0.3 is 10.6 Å². The fraction of sp³-hybridized carbons (Fsp3) is 0.538. The number of carbonyl (C=O) groups excluding carboxylic acids is 1. The summed E-state index contributed by atoms with van der Waals surface area (Å²) in [6.45, 7) is 6.62. The van der Waals surface area contributed by atoms with Crippen LogP contribution in [0.15, 0.2) is 18.3 Å². The second-order valence-electron chi connectivity index (χ2n) is 5.44. The van der Waals surface area contributed by atoms with Crippen LogP contribution in [-0.4, -0.2) is 52.9 Å². The molecule has 1 saturated heterocycles. The first-order valence-corrected chi connectivity index (χ1v) is 6.12. The second kappa shape index (κ2) is 4.57. The number of piperazine rings is 1. The normalized spacial score (nSPS) is 19.8. The molecule has 0 atom stereocenters. The third-order valence-corrected chi connectivity index (χ3v) is 3.61. The summed E-state index contributed by atoms with van der Waals surface area (Å²) < 4.78 is 0. The van der Waals surface area contributed by atoms with Crippen LogP contribution in [0.2, 0.25) is 0 Å². The van der Waals surface area contributed by atoms with Crippen LogP contribution in [0.25, 0.3) is 0 Å². The van der Waals surface area contributed by atoms with Crippen molar-refractivity contribution in [3.8, 4) is 0 Å². The Balaban J connectivity index is 2.13. The SMILES string of the molecule is CN1CCN(C(=O)c2ccc(N)cn2)CC1(C)C. The van der Waals surface area contributed by atoms with E-state index in [1.165, 1.54) is 6.20 Å². The summed E-state index contributed by atoms with van der Waals surface area (Å²) in [6.07, 6.45) is 1.52. The maximum absolute atomic E-state index is 12.3. The molecule has 1 aliphatic rings. The number of hydrogen-bond acceptors (Lipinski definition) is 4. The number of pyridine rings is 1. The zero-order chi connectivity index (χ0) is 13.3. The van der Waals surface area contributed by atoms with Crippen molar-refractivity contribution in [3.05, 3.63) is 24.0 Å². The molecule has 1 aliphatic heterocycles. The first-order chi connectivity index (χ1) is 8.40. The molecule has 0 bridgehead atoms. The van der Waals surface area contributed by atoms with Crippen molar-refractivity contribution >= 4 is 11.6 Å². The van der Waals surface area contributed by atoms with Gasteiger partial charge in [-0.05, 0) is 33.0 Å². The van der Waals surface area contributed by atoms with Crippen LogP contribution >= 0.6 is 0 Å². The summed E-state index contributed by atoms with van der Waals surface area (Å²) in [5.41, 5.74) is 6.61. The molecule has 1 aromatic rings. The molecule has 2 rings (SSSR count). The van der Waals surface area contributed by atoms with E-state index in [1.54, 1.807) is 12.1 Å². The first kappa shape index (κ1) is 12.8. The largest absolute Gasteiger partial charge is 0.397 e. The Bertz CT molecular complexity index is 441. The van der Waals surface area contributed by atoms with E-state index in [0.29, 0.717) is 17.9 Å². The van der Waals surface area contributed by atoms with E-state index in [4.69, 9.17) is 5.73 Å². The van der Waals surface area contributed by atoms with Crippen LogP contribution in [0.3, 0.4) is 0 Å². The van der Waals surface area contributed by atoms with Crippen molar-refractivity contribution in [2.24, 2.45) is 0 Å². The minimum absolute atomic E-state index is 0.00170. The Kier molecular flexibility index (Phi) is 3.26. The van der Waals surface area contributed by atoms with Crippen LogP contribution in [-0.2, 0) is 0 Å². The fourth-order valence-corrected chi connectivity index (χ4v) is 2.11. The monoisotopic (exact) mass is 248 g/mol. The van der Waals surface area contributed by atoms with E-state index in [-0.39, 0.29) is 11.4 Å². The lowest BCUT2D eigenvalue weighted by Crippen LogP contribution is -2.58. The van der Waals surface area contributed by atoms with Gasteiger partial charge in [0.05, 0.1) is 11.9 Å². The second-order valence-corrected chi connectivity index (χ2v) is 5.44. The highest BCUT2D eigenvalue weighted by Crippen LogP contribution is 2.20. The van der Waals surface area contributed by atoms with Crippen molar-refractivity contribution in [2.75, 3.05) is 32.4 Å². The van der Waals surface area contributed by atoms with E-state index in [2.05, 4.69) is 30.8 Å². The lowest BCUT2D eigenvalue weighted by Gasteiger charge is -2.45. The molecule has 98 valence electrons. The molecule has 5 heteroatoms. The predicted octanol–water partition coefficient (Wildman–Crippen LogP) is 0.830. The zero-order valence-electron chi connectivity index (χ0n) is 11.2. The van der Waals surface area contributed by atoms with Crippen molar-refractivity contribution in [2.45, 2.75) is 19.4 Å². The molecule has 1 aromatic heterocycles. The standard InChI is InChI=1S/C13H20N4O/c1-13(2)9-17(7-6-16(13)3)12(18)11-5-4-10(14)8-15-11/h4-5,8H,6-7,9,14H2,1-3H3. The number of anilines is 1. The van der Waals surface area contributed by atoms with Gasteiger partial charge in [-0.3, -0.25) is 9.69 Å². The molecule has 1 amide bonds. The Labute approximate surface area is 108 Å². The maximum atomic E-state index is 12.3. The van der Waals surface area contributed by atoms with E-state index in [9.17, 15) is 4.79 Å². The predicted molar refractivity (Wildman–Crippen MR) is 71.3 cm³/mol. The van der Waals surface area contributed by atoms with E-state index in [1.807, 2.05) is 4.90 Å². The maximum Gasteiger partial charge on any atom is 0.272 e. The molecular formula is C13H20N4O. The molecule has 0 aliphatic carbocycles. The number of amides is 1. The average molecular weight is 248 g/mol. The van der Waals surface area contributed by atoms with Gasteiger partial charge in [-0.1, -0.05) is 0 Å². The molecule has 0 radical (unpaired) electrons. The summed E-state index contributed by atoms with van der Waals surface area (Å²) in [5, 5.41) is 0. The van der Waals surface area contributed by atoms with Crippen molar-refractivity contribution in [1.29, 1.82) is 0 Å². The topological polar surface area (TPSA) is 62.5 Å². The molecule has 5 nitrogen and oxygen atoms in total. The Morgan fingerprint density at radius 3 is 2.67 bits per heavy atom. The summed E-state index contributed by atoms with van der Waals surface area (Å²) in [6, 6.07) is 3.39. The Hall–Kier alpha value is -1.62. The summed E-state index contributed by atoms with van der Waals surface area (Å²) in [4.78, 5) is 20.5. The summed E-state index contributed by atoms with van der Waals surface area (Å²) >= 11 is 0. The average Bonchev–Trinajstić information content (AvgIpc) is 2.33. The number of likely N-dealkylation sites (N-methyl/N-ethyl adjacent to an activating group) is 1. The van der Waals surface area contributed by atoms with Crippen molar-refractivity contribution in [1.82, 2.24) is 14.8 Å². The number of aromatic nitrogens is 1. The third kappa shape index (κ3) is 2.46. The lowest BCUT2D eigenvalue weighted by atomic mass is 9.99. The van der Waals surface area contributed by atoms with Gasteiger partial charge >= 0.3 is 0 Å². The number of nitrogens with two attached hydrogens (primary N) is 1. The van der Waals surface area contributed by atoms with Crippen molar-refractivity contribution < 1.29 is 4.79 Å². The van der Waals surface area contributed by atoms with Gasteiger partial charge in [0.25, 0.3) is 5.91 Å². The van der Waals surface area contributed by atoms with Gasteiger partial charge in [0.2, 0.25) is 0 Å². The van der Waals surface area contributed by atoms with Crippen LogP contribution < -0.4 is 5.73 Å². The molecule has 0 spiro atoms. The van der Waals surface area contributed by atoms with Crippen molar-refractivity contribution in [3.63, 3.8) is 0 Å². The minimum Gasteiger partial charge on any atom is -0.397 e. The highest BCUT2D eigenvalue weighted by atomic mass is 16.2. The zero-order valence-corrected chi connectivity index (χ0v) is 11.2. The number of hydrogen-bond donors (Lipinski definition) is 1. The highest BCUT2D eigenvalue weighted by Gasteiger charge is 2.33. The lowest BCUT2D eigenvalue weighted by molar-refractivity contribution is 0.0307. The van der Waals surface area contributed by atoms with Crippen LogP contribution in [0.1, 0.15) is 24.3 Å². The molecule has 2 N–H and O–H groups in total. The number of nitrogens with zero attached hydrogens (tertiary/aromatic N) is 3. The molecule has 0 unspecified atom stereocenters. The molecule has 1 fully saturated rings. The molecule has 0 saturated carbocycles. The minimum atomic E-state index is -0.0174. The number of rotatable bonds is 1.